The molecule has 1 aliphatic heterocycles. The molecule has 0 fully saturated rings. The van der Waals surface area contributed by atoms with Gasteiger partial charge in [0.1, 0.15) is 13.2 Å². The molecule has 0 N–H and O–H groups in total. The Morgan fingerprint density at radius 2 is 2.06 bits per heavy atom. The fourth-order valence-electron chi connectivity index (χ4n) is 1.81. The lowest BCUT2D eigenvalue weighted by Crippen LogP contribution is -2.15. The van der Waals surface area contributed by atoms with E-state index in [-0.39, 0.29) is 5.78 Å². The first kappa shape index (κ1) is 12.7. The van der Waals surface area contributed by atoms with Gasteiger partial charge in [0, 0.05) is 5.56 Å². The van der Waals surface area contributed by atoms with Crippen molar-refractivity contribution >= 4 is 5.78 Å². The molecule has 1 heterocycles. The summed E-state index contributed by atoms with van der Waals surface area (Å²) in [6.45, 7) is 3.24. The van der Waals surface area contributed by atoms with Gasteiger partial charge in [0.15, 0.2) is 17.3 Å². The SMILES string of the molecule is CCCC/C=C/C(=O)c1ccc2c(c1)OCCO2. The van der Waals surface area contributed by atoms with Crippen molar-refractivity contribution in [3.05, 3.63) is 35.9 Å². The molecule has 1 aromatic rings. The highest BCUT2D eigenvalue weighted by atomic mass is 16.6. The quantitative estimate of drug-likeness (QED) is 0.454. The predicted molar refractivity (Wildman–Crippen MR) is 70.4 cm³/mol. The Kier molecular flexibility index (Phi) is 4.40. The molecule has 96 valence electrons. The van der Waals surface area contributed by atoms with Crippen LogP contribution in [0.5, 0.6) is 11.5 Å². The van der Waals surface area contributed by atoms with E-state index in [0.717, 1.165) is 19.3 Å². The van der Waals surface area contributed by atoms with Crippen LogP contribution in [0.1, 0.15) is 36.5 Å². The van der Waals surface area contributed by atoms with Gasteiger partial charge in [-0.2, -0.15) is 0 Å². The molecule has 0 atom stereocenters. The Labute approximate surface area is 107 Å². The smallest absolute Gasteiger partial charge is 0.185 e. The normalized spacial score (nSPS) is 13.8. The topological polar surface area (TPSA) is 35.5 Å². The van der Waals surface area contributed by atoms with Crippen molar-refractivity contribution in [3.63, 3.8) is 0 Å². The number of ketones is 1. The Morgan fingerprint density at radius 3 is 2.83 bits per heavy atom. The second-order valence-electron chi connectivity index (χ2n) is 4.27. The molecular weight excluding hydrogens is 228 g/mol. The number of fused-ring (bicyclic) bond motifs is 1. The lowest BCUT2D eigenvalue weighted by molar-refractivity contribution is 0.104. The standard InChI is InChI=1S/C15H18O3/c1-2-3-4-5-6-13(16)12-7-8-14-15(11-12)18-10-9-17-14/h5-8,11H,2-4,9-10H2,1H3/b6-5+. The Hall–Kier alpha value is -1.77. The van der Waals surface area contributed by atoms with Crippen molar-refractivity contribution < 1.29 is 14.3 Å². The van der Waals surface area contributed by atoms with Gasteiger partial charge in [0.25, 0.3) is 0 Å². The average Bonchev–Trinajstić information content (AvgIpc) is 2.43. The maximum Gasteiger partial charge on any atom is 0.185 e. The van der Waals surface area contributed by atoms with Crippen LogP contribution in [0.2, 0.25) is 0 Å². The molecule has 18 heavy (non-hydrogen) atoms. The first-order chi connectivity index (χ1) is 8.81. The molecule has 0 unspecified atom stereocenters. The number of benzene rings is 1. The first-order valence-electron chi connectivity index (χ1n) is 6.42. The summed E-state index contributed by atoms with van der Waals surface area (Å²) in [7, 11) is 0. The zero-order valence-electron chi connectivity index (χ0n) is 10.6. The molecule has 0 aliphatic carbocycles. The van der Waals surface area contributed by atoms with Crippen LogP contribution in [0.25, 0.3) is 0 Å². The summed E-state index contributed by atoms with van der Waals surface area (Å²) >= 11 is 0. The van der Waals surface area contributed by atoms with Crippen LogP contribution in [-0.2, 0) is 0 Å². The van der Waals surface area contributed by atoms with E-state index in [1.165, 1.54) is 0 Å². The van der Waals surface area contributed by atoms with Crippen LogP contribution >= 0.6 is 0 Å². The van der Waals surface area contributed by atoms with Gasteiger partial charge in [-0.1, -0.05) is 25.8 Å². The summed E-state index contributed by atoms with van der Waals surface area (Å²) < 4.78 is 10.9. The van der Waals surface area contributed by atoms with Crippen molar-refractivity contribution in [1.82, 2.24) is 0 Å². The van der Waals surface area contributed by atoms with Gasteiger partial charge in [-0.3, -0.25) is 4.79 Å². The molecule has 3 nitrogen and oxygen atoms in total. The Bertz CT molecular complexity index is 449. The lowest BCUT2D eigenvalue weighted by atomic mass is 10.1. The Morgan fingerprint density at radius 1 is 1.28 bits per heavy atom. The molecular formula is C15H18O3. The van der Waals surface area contributed by atoms with Crippen molar-refractivity contribution in [2.24, 2.45) is 0 Å². The molecule has 2 rings (SSSR count). The van der Waals surface area contributed by atoms with Crippen molar-refractivity contribution in [3.8, 4) is 11.5 Å². The summed E-state index contributed by atoms with van der Waals surface area (Å²) in [5.41, 5.74) is 0.645. The van der Waals surface area contributed by atoms with Gasteiger partial charge < -0.3 is 9.47 Å². The minimum Gasteiger partial charge on any atom is -0.486 e. The van der Waals surface area contributed by atoms with Crippen molar-refractivity contribution in [2.75, 3.05) is 13.2 Å². The molecule has 0 saturated heterocycles. The number of carbonyl (C=O) groups is 1. The molecule has 1 aromatic carbocycles. The lowest BCUT2D eigenvalue weighted by Gasteiger charge is -2.18. The highest BCUT2D eigenvalue weighted by Gasteiger charge is 2.13. The number of allylic oxidation sites excluding steroid dienone is 2. The summed E-state index contributed by atoms with van der Waals surface area (Å²) in [6.07, 6.45) is 6.78. The summed E-state index contributed by atoms with van der Waals surface area (Å²) in [4.78, 5) is 11.9. The second kappa shape index (κ2) is 6.24. The second-order valence-corrected chi connectivity index (χ2v) is 4.27. The predicted octanol–water partition coefficient (Wildman–Crippen LogP) is 3.39. The van der Waals surface area contributed by atoms with E-state index < -0.39 is 0 Å². The molecule has 0 aromatic heterocycles. The molecule has 0 bridgehead atoms. The highest BCUT2D eigenvalue weighted by Crippen LogP contribution is 2.30. The van der Waals surface area contributed by atoms with Crippen LogP contribution in [-0.4, -0.2) is 19.0 Å². The van der Waals surface area contributed by atoms with E-state index in [2.05, 4.69) is 6.92 Å². The number of ether oxygens (including phenoxy) is 2. The van der Waals surface area contributed by atoms with Crippen LogP contribution in [0.4, 0.5) is 0 Å². The molecule has 1 aliphatic rings. The molecule has 0 spiro atoms. The van der Waals surface area contributed by atoms with E-state index in [9.17, 15) is 4.79 Å². The van der Waals surface area contributed by atoms with Gasteiger partial charge >= 0.3 is 0 Å². The van der Waals surface area contributed by atoms with E-state index in [0.29, 0.717) is 30.3 Å². The summed E-state index contributed by atoms with van der Waals surface area (Å²) in [6, 6.07) is 5.32. The average molecular weight is 246 g/mol. The number of hydrogen-bond acceptors (Lipinski definition) is 3. The van der Waals surface area contributed by atoms with Gasteiger partial charge in [-0.15, -0.1) is 0 Å². The third-order valence-corrected chi connectivity index (χ3v) is 2.82. The van der Waals surface area contributed by atoms with Gasteiger partial charge in [-0.25, -0.2) is 0 Å². The zero-order valence-corrected chi connectivity index (χ0v) is 10.6. The third kappa shape index (κ3) is 3.13. The van der Waals surface area contributed by atoms with Crippen LogP contribution in [0.15, 0.2) is 30.4 Å². The minimum atomic E-state index is 0.0167. The van der Waals surface area contributed by atoms with Crippen LogP contribution in [0, 0.1) is 0 Å². The van der Waals surface area contributed by atoms with Gasteiger partial charge in [0.2, 0.25) is 0 Å². The van der Waals surface area contributed by atoms with Crippen LogP contribution in [0.3, 0.4) is 0 Å². The van der Waals surface area contributed by atoms with Crippen molar-refractivity contribution in [2.45, 2.75) is 26.2 Å². The van der Waals surface area contributed by atoms with Crippen LogP contribution < -0.4 is 9.47 Å². The maximum atomic E-state index is 11.9. The van der Waals surface area contributed by atoms with Gasteiger partial charge in [0.05, 0.1) is 0 Å². The van der Waals surface area contributed by atoms with Crippen molar-refractivity contribution in [1.29, 1.82) is 0 Å². The number of rotatable bonds is 5. The highest BCUT2D eigenvalue weighted by molar-refractivity contribution is 6.04. The summed E-state index contributed by atoms with van der Waals surface area (Å²) in [5.74, 6) is 1.39. The zero-order chi connectivity index (χ0) is 12.8. The van der Waals surface area contributed by atoms with E-state index in [1.807, 2.05) is 6.08 Å². The number of unbranched alkanes of at least 4 members (excludes halogenated alkanes) is 2. The molecule has 0 saturated carbocycles. The fourth-order valence-corrected chi connectivity index (χ4v) is 1.81. The Balaban J connectivity index is 2.04. The van der Waals surface area contributed by atoms with E-state index in [1.54, 1.807) is 24.3 Å². The molecule has 0 radical (unpaired) electrons. The number of carbonyl (C=O) groups excluding carboxylic acids is 1. The van der Waals surface area contributed by atoms with E-state index >= 15 is 0 Å². The summed E-state index contributed by atoms with van der Waals surface area (Å²) in [5, 5.41) is 0. The maximum absolute atomic E-state index is 11.9. The molecule has 3 heteroatoms. The largest absolute Gasteiger partial charge is 0.486 e. The third-order valence-electron chi connectivity index (χ3n) is 2.82. The first-order valence-corrected chi connectivity index (χ1v) is 6.42. The fraction of sp³-hybridized carbons (Fsp3) is 0.400. The van der Waals surface area contributed by atoms with Gasteiger partial charge in [-0.05, 0) is 30.7 Å². The number of hydrogen-bond donors (Lipinski definition) is 0. The molecule has 0 amide bonds. The monoisotopic (exact) mass is 246 g/mol. The minimum absolute atomic E-state index is 0.0167. The van der Waals surface area contributed by atoms with E-state index in [4.69, 9.17) is 9.47 Å².